The second-order valence-electron chi connectivity index (χ2n) is 5.13. The first-order valence-corrected chi connectivity index (χ1v) is 6.45. The Morgan fingerprint density at radius 2 is 1.90 bits per heavy atom. The smallest absolute Gasteiger partial charge is 0.262 e. The fraction of sp³-hybridized carbons (Fsp3) is 0.286. The summed E-state index contributed by atoms with van der Waals surface area (Å²) in [7, 11) is 0. The molecule has 4 amide bonds. The lowest BCUT2D eigenvalue weighted by atomic mass is 10.0. The molecule has 0 saturated carbocycles. The highest BCUT2D eigenvalue weighted by atomic mass is 16.3. The molecular weight excluding hydrogens is 276 g/mol. The highest BCUT2D eigenvalue weighted by Crippen LogP contribution is 2.32. The summed E-state index contributed by atoms with van der Waals surface area (Å²) in [4.78, 5) is 48.7. The number of benzene rings is 1. The Bertz CT molecular complexity index is 710. The SMILES string of the molecule is Cc1cc(O)cc2c1C(=O)N(C1CCC(=O)NC1=O)C2=O. The standard InChI is InChI=1S/C14H12N2O5/c1-6-4-7(17)5-8-11(6)14(21)16(13(8)20)9-2-3-10(18)15-12(9)19/h4-5,9,17H,2-3H2,1H3,(H,15,18,19). The number of aromatic hydroxyl groups is 1. The maximum absolute atomic E-state index is 12.4. The molecule has 0 aromatic heterocycles. The van der Waals surface area contributed by atoms with Crippen LogP contribution in [-0.2, 0) is 9.59 Å². The number of carbonyl (C=O) groups is 4. The molecule has 0 radical (unpaired) electrons. The lowest BCUT2D eigenvalue weighted by Gasteiger charge is -2.27. The fourth-order valence-corrected chi connectivity index (χ4v) is 2.77. The predicted molar refractivity (Wildman–Crippen MR) is 69.5 cm³/mol. The van der Waals surface area contributed by atoms with Gasteiger partial charge < -0.3 is 5.11 Å². The molecule has 0 aliphatic carbocycles. The summed E-state index contributed by atoms with van der Waals surface area (Å²) in [6, 6.07) is 1.61. The van der Waals surface area contributed by atoms with Crippen molar-refractivity contribution in [2.45, 2.75) is 25.8 Å². The van der Waals surface area contributed by atoms with Crippen LogP contribution in [0, 0.1) is 6.92 Å². The summed E-state index contributed by atoms with van der Waals surface area (Å²) in [6.45, 7) is 1.61. The van der Waals surface area contributed by atoms with E-state index in [4.69, 9.17) is 0 Å². The van der Waals surface area contributed by atoms with Crippen molar-refractivity contribution in [1.29, 1.82) is 0 Å². The molecular formula is C14H12N2O5. The molecule has 1 aromatic carbocycles. The van der Waals surface area contributed by atoms with Gasteiger partial charge in [0.15, 0.2) is 0 Å². The van der Waals surface area contributed by atoms with Crippen LogP contribution in [0.2, 0.25) is 0 Å². The van der Waals surface area contributed by atoms with Gasteiger partial charge in [-0.05, 0) is 31.0 Å². The molecule has 0 bridgehead atoms. The number of nitrogens with one attached hydrogen (secondary N) is 1. The van der Waals surface area contributed by atoms with Crippen LogP contribution < -0.4 is 5.32 Å². The molecule has 2 heterocycles. The summed E-state index contributed by atoms with van der Waals surface area (Å²) < 4.78 is 0. The van der Waals surface area contributed by atoms with Crippen LogP contribution >= 0.6 is 0 Å². The molecule has 2 aliphatic rings. The fourth-order valence-electron chi connectivity index (χ4n) is 2.77. The van der Waals surface area contributed by atoms with Crippen molar-refractivity contribution in [3.05, 3.63) is 28.8 Å². The summed E-state index contributed by atoms with van der Waals surface area (Å²) in [6.07, 6.45) is 0.190. The highest BCUT2D eigenvalue weighted by molar-refractivity contribution is 6.24. The molecule has 7 nitrogen and oxygen atoms in total. The topological polar surface area (TPSA) is 104 Å². The van der Waals surface area contributed by atoms with Crippen molar-refractivity contribution in [2.75, 3.05) is 0 Å². The Hall–Kier alpha value is -2.70. The maximum Gasteiger partial charge on any atom is 0.262 e. The van der Waals surface area contributed by atoms with E-state index in [9.17, 15) is 24.3 Å². The van der Waals surface area contributed by atoms with Gasteiger partial charge in [0.25, 0.3) is 11.8 Å². The summed E-state index contributed by atoms with van der Waals surface area (Å²) in [5.74, 6) is -2.37. The number of nitrogens with zero attached hydrogens (tertiary/aromatic N) is 1. The van der Waals surface area contributed by atoms with E-state index in [0.29, 0.717) is 5.56 Å². The number of fused-ring (bicyclic) bond motifs is 1. The largest absolute Gasteiger partial charge is 0.508 e. The van der Waals surface area contributed by atoms with Crippen molar-refractivity contribution < 1.29 is 24.3 Å². The van der Waals surface area contributed by atoms with E-state index in [1.54, 1.807) is 6.92 Å². The number of hydrogen-bond donors (Lipinski definition) is 2. The number of imide groups is 2. The third-order valence-electron chi connectivity index (χ3n) is 3.72. The Kier molecular flexibility index (Phi) is 2.79. The number of carbonyl (C=O) groups excluding carboxylic acids is 4. The first kappa shape index (κ1) is 13.3. The van der Waals surface area contributed by atoms with Gasteiger partial charge in [-0.2, -0.15) is 0 Å². The zero-order valence-corrected chi connectivity index (χ0v) is 11.2. The predicted octanol–water partition coefficient (Wildman–Crippen LogP) is 0.102. The minimum Gasteiger partial charge on any atom is -0.508 e. The Balaban J connectivity index is 2.02. The minimum atomic E-state index is -0.989. The third kappa shape index (κ3) is 1.89. The monoisotopic (exact) mass is 288 g/mol. The zero-order chi connectivity index (χ0) is 15.3. The Morgan fingerprint density at radius 1 is 1.19 bits per heavy atom. The van der Waals surface area contributed by atoms with Crippen LogP contribution in [0.5, 0.6) is 5.75 Å². The van der Waals surface area contributed by atoms with E-state index >= 15 is 0 Å². The molecule has 2 N–H and O–H groups in total. The van der Waals surface area contributed by atoms with Gasteiger partial charge in [0, 0.05) is 6.42 Å². The first-order valence-electron chi connectivity index (χ1n) is 6.45. The van der Waals surface area contributed by atoms with E-state index in [0.717, 1.165) is 4.90 Å². The maximum atomic E-state index is 12.4. The third-order valence-corrected chi connectivity index (χ3v) is 3.72. The van der Waals surface area contributed by atoms with Gasteiger partial charge in [-0.25, -0.2) is 0 Å². The molecule has 0 spiro atoms. The molecule has 108 valence electrons. The Labute approximate surface area is 119 Å². The van der Waals surface area contributed by atoms with Gasteiger partial charge in [-0.15, -0.1) is 0 Å². The summed E-state index contributed by atoms with van der Waals surface area (Å²) in [5, 5.41) is 11.7. The van der Waals surface area contributed by atoms with E-state index in [-0.39, 0.29) is 29.7 Å². The van der Waals surface area contributed by atoms with Crippen LogP contribution in [0.1, 0.15) is 39.1 Å². The van der Waals surface area contributed by atoms with Crippen molar-refractivity contribution in [1.82, 2.24) is 10.2 Å². The summed E-state index contributed by atoms with van der Waals surface area (Å²) in [5.41, 5.74) is 0.753. The van der Waals surface area contributed by atoms with Gasteiger partial charge in [0.05, 0.1) is 11.1 Å². The number of phenolic OH excluding ortho intramolecular Hbond substituents is 1. The van der Waals surface area contributed by atoms with Crippen LogP contribution in [0.25, 0.3) is 0 Å². The molecule has 1 fully saturated rings. The van der Waals surface area contributed by atoms with Gasteiger partial charge in [0.2, 0.25) is 11.8 Å². The second kappa shape index (κ2) is 4.41. The highest BCUT2D eigenvalue weighted by Gasteiger charge is 2.45. The van der Waals surface area contributed by atoms with E-state index < -0.39 is 29.7 Å². The average molecular weight is 288 g/mol. The first-order chi connectivity index (χ1) is 9.90. The summed E-state index contributed by atoms with van der Waals surface area (Å²) >= 11 is 0. The zero-order valence-electron chi connectivity index (χ0n) is 11.2. The van der Waals surface area contributed by atoms with Crippen molar-refractivity contribution in [3.63, 3.8) is 0 Å². The number of rotatable bonds is 1. The molecule has 3 rings (SSSR count). The number of phenols is 1. The van der Waals surface area contributed by atoms with Crippen LogP contribution in [0.15, 0.2) is 12.1 Å². The molecule has 7 heteroatoms. The van der Waals surface area contributed by atoms with E-state index in [2.05, 4.69) is 5.32 Å². The van der Waals surface area contributed by atoms with Crippen molar-refractivity contribution in [2.24, 2.45) is 0 Å². The number of hydrogen-bond acceptors (Lipinski definition) is 5. The molecule has 21 heavy (non-hydrogen) atoms. The van der Waals surface area contributed by atoms with Gasteiger partial charge >= 0.3 is 0 Å². The quantitative estimate of drug-likeness (QED) is 0.713. The van der Waals surface area contributed by atoms with Crippen molar-refractivity contribution in [3.8, 4) is 5.75 Å². The molecule has 1 unspecified atom stereocenters. The van der Waals surface area contributed by atoms with Crippen LogP contribution in [0.4, 0.5) is 0 Å². The van der Waals surface area contributed by atoms with E-state index in [1.807, 2.05) is 0 Å². The Morgan fingerprint density at radius 3 is 2.57 bits per heavy atom. The minimum absolute atomic E-state index is 0.0774. The molecule has 1 saturated heterocycles. The number of amides is 4. The van der Waals surface area contributed by atoms with Crippen molar-refractivity contribution >= 4 is 23.6 Å². The van der Waals surface area contributed by atoms with Crippen LogP contribution in [0.3, 0.4) is 0 Å². The number of piperidine rings is 1. The van der Waals surface area contributed by atoms with Crippen LogP contribution in [-0.4, -0.2) is 39.7 Å². The second-order valence-corrected chi connectivity index (χ2v) is 5.13. The van der Waals surface area contributed by atoms with Gasteiger partial charge in [-0.3, -0.25) is 29.4 Å². The molecule has 1 aromatic rings. The van der Waals surface area contributed by atoms with Gasteiger partial charge in [0.1, 0.15) is 11.8 Å². The number of aryl methyl sites for hydroxylation is 1. The van der Waals surface area contributed by atoms with Gasteiger partial charge in [-0.1, -0.05) is 0 Å². The average Bonchev–Trinajstić information content (AvgIpc) is 2.63. The molecule has 1 atom stereocenters. The van der Waals surface area contributed by atoms with E-state index in [1.165, 1.54) is 12.1 Å². The lowest BCUT2D eigenvalue weighted by molar-refractivity contribution is -0.136. The lowest BCUT2D eigenvalue weighted by Crippen LogP contribution is -2.54. The molecule has 2 aliphatic heterocycles. The normalized spacial score (nSPS) is 21.6.